The zero-order chi connectivity index (χ0) is 17.9. The Morgan fingerprint density at radius 2 is 1.65 bits per heavy atom. The first-order chi connectivity index (χ1) is 12.7. The first-order valence-corrected chi connectivity index (χ1v) is 8.51. The molecule has 26 heavy (non-hydrogen) atoms. The predicted molar refractivity (Wildman–Crippen MR) is 99.1 cm³/mol. The molecule has 2 aromatic heterocycles. The lowest BCUT2D eigenvalue weighted by Crippen LogP contribution is -2.48. The van der Waals surface area contributed by atoms with Crippen LogP contribution in [0.4, 0.5) is 10.6 Å². The van der Waals surface area contributed by atoms with Crippen molar-refractivity contribution < 1.29 is 9.90 Å². The summed E-state index contributed by atoms with van der Waals surface area (Å²) in [5, 5.41) is 16.9. The molecular formula is C19H19N5O2. The van der Waals surface area contributed by atoms with Gasteiger partial charge in [0.1, 0.15) is 0 Å². The van der Waals surface area contributed by atoms with Crippen LogP contribution in [0.1, 0.15) is 0 Å². The fourth-order valence-electron chi connectivity index (χ4n) is 3.28. The van der Waals surface area contributed by atoms with Gasteiger partial charge in [0.25, 0.3) is 0 Å². The fraction of sp³-hybridized carbons (Fsp3) is 0.211. The van der Waals surface area contributed by atoms with Crippen molar-refractivity contribution in [2.75, 3.05) is 31.1 Å². The number of amides is 1. The van der Waals surface area contributed by atoms with E-state index in [1.807, 2.05) is 42.5 Å². The number of hydrogen-bond donors (Lipinski definition) is 2. The SMILES string of the molecule is O=C(O)N1CCN(c2n[nH]c(-c3ccccc3)c2-c2ccncc2)CC1. The molecule has 0 aliphatic carbocycles. The minimum absolute atomic E-state index is 0.471. The zero-order valence-electron chi connectivity index (χ0n) is 14.2. The second-order valence-electron chi connectivity index (χ2n) is 6.16. The monoisotopic (exact) mass is 349 g/mol. The maximum atomic E-state index is 11.2. The molecule has 0 bridgehead atoms. The van der Waals surface area contributed by atoms with Gasteiger partial charge < -0.3 is 14.9 Å². The molecule has 0 atom stereocenters. The van der Waals surface area contributed by atoms with Crippen molar-refractivity contribution in [2.45, 2.75) is 0 Å². The van der Waals surface area contributed by atoms with E-state index in [9.17, 15) is 4.79 Å². The van der Waals surface area contributed by atoms with E-state index in [0.29, 0.717) is 26.2 Å². The number of nitrogens with zero attached hydrogens (tertiary/aromatic N) is 4. The van der Waals surface area contributed by atoms with Crippen molar-refractivity contribution in [3.63, 3.8) is 0 Å². The van der Waals surface area contributed by atoms with Gasteiger partial charge >= 0.3 is 6.09 Å². The van der Waals surface area contributed by atoms with Crippen molar-refractivity contribution in [3.8, 4) is 22.4 Å². The normalized spacial score (nSPS) is 14.5. The number of aromatic amines is 1. The van der Waals surface area contributed by atoms with Crippen LogP contribution >= 0.6 is 0 Å². The van der Waals surface area contributed by atoms with E-state index >= 15 is 0 Å². The zero-order valence-corrected chi connectivity index (χ0v) is 14.2. The van der Waals surface area contributed by atoms with E-state index in [4.69, 9.17) is 5.11 Å². The molecule has 1 saturated heterocycles. The Kier molecular flexibility index (Phi) is 4.27. The van der Waals surface area contributed by atoms with E-state index in [2.05, 4.69) is 20.1 Å². The summed E-state index contributed by atoms with van der Waals surface area (Å²) in [6.07, 6.45) is 2.66. The van der Waals surface area contributed by atoms with Crippen LogP contribution in [0.5, 0.6) is 0 Å². The Balaban J connectivity index is 1.74. The fourth-order valence-corrected chi connectivity index (χ4v) is 3.28. The van der Waals surface area contributed by atoms with Gasteiger partial charge in [-0.25, -0.2) is 4.79 Å². The van der Waals surface area contributed by atoms with Gasteiger partial charge in [0.05, 0.1) is 11.3 Å². The van der Waals surface area contributed by atoms with Crippen molar-refractivity contribution in [1.29, 1.82) is 0 Å². The molecular weight excluding hydrogens is 330 g/mol. The molecule has 1 fully saturated rings. The Morgan fingerprint density at radius 1 is 0.962 bits per heavy atom. The van der Waals surface area contributed by atoms with Gasteiger partial charge in [-0.15, -0.1) is 0 Å². The molecule has 4 rings (SSSR count). The number of hydrogen-bond acceptors (Lipinski definition) is 4. The highest BCUT2D eigenvalue weighted by Gasteiger charge is 2.26. The van der Waals surface area contributed by atoms with E-state index in [1.54, 1.807) is 12.4 Å². The summed E-state index contributed by atoms with van der Waals surface area (Å²) in [7, 11) is 0. The molecule has 132 valence electrons. The molecule has 0 spiro atoms. The molecule has 1 amide bonds. The molecule has 3 aromatic rings. The summed E-state index contributed by atoms with van der Waals surface area (Å²) in [6, 6.07) is 14.0. The van der Waals surface area contributed by atoms with E-state index < -0.39 is 6.09 Å². The summed E-state index contributed by atoms with van der Waals surface area (Å²) in [4.78, 5) is 18.8. The van der Waals surface area contributed by atoms with Crippen LogP contribution in [-0.2, 0) is 0 Å². The summed E-state index contributed by atoms with van der Waals surface area (Å²) in [5.74, 6) is 0.847. The van der Waals surface area contributed by atoms with Crippen molar-refractivity contribution >= 4 is 11.9 Å². The lowest BCUT2D eigenvalue weighted by atomic mass is 10.0. The summed E-state index contributed by atoms with van der Waals surface area (Å²) < 4.78 is 0. The number of benzene rings is 1. The van der Waals surface area contributed by atoms with Crippen molar-refractivity contribution in [2.24, 2.45) is 0 Å². The van der Waals surface area contributed by atoms with Crippen LogP contribution in [0.15, 0.2) is 54.9 Å². The molecule has 0 unspecified atom stereocenters. The van der Waals surface area contributed by atoms with Crippen LogP contribution in [0, 0.1) is 0 Å². The average molecular weight is 349 g/mol. The van der Waals surface area contributed by atoms with Gasteiger partial charge in [0, 0.05) is 44.1 Å². The Morgan fingerprint density at radius 3 is 2.31 bits per heavy atom. The topological polar surface area (TPSA) is 85.4 Å². The highest BCUT2D eigenvalue weighted by molar-refractivity contribution is 5.89. The smallest absolute Gasteiger partial charge is 0.407 e. The van der Waals surface area contributed by atoms with Crippen LogP contribution in [0.25, 0.3) is 22.4 Å². The standard InChI is InChI=1S/C19H19N5O2/c25-19(26)24-12-10-23(11-13-24)18-16(14-6-8-20-9-7-14)17(21-22-18)15-4-2-1-3-5-15/h1-9H,10-13H2,(H,21,22)(H,25,26). The second kappa shape index (κ2) is 6.87. The molecule has 0 radical (unpaired) electrons. The van der Waals surface area contributed by atoms with E-state index in [0.717, 1.165) is 28.2 Å². The van der Waals surface area contributed by atoms with Gasteiger partial charge in [0.2, 0.25) is 0 Å². The molecule has 1 aromatic carbocycles. The number of nitrogens with one attached hydrogen (secondary N) is 1. The number of rotatable bonds is 3. The second-order valence-corrected chi connectivity index (χ2v) is 6.16. The quantitative estimate of drug-likeness (QED) is 0.759. The van der Waals surface area contributed by atoms with Crippen molar-refractivity contribution in [3.05, 3.63) is 54.9 Å². The van der Waals surface area contributed by atoms with E-state index in [1.165, 1.54) is 4.90 Å². The van der Waals surface area contributed by atoms with Crippen molar-refractivity contribution in [1.82, 2.24) is 20.1 Å². The number of H-pyrrole nitrogens is 1. The Labute approximate surface area is 150 Å². The van der Waals surface area contributed by atoms with Gasteiger partial charge in [-0.1, -0.05) is 30.3 Å². The molecule has 1 aliphatic rings. The third-order valence-electron chi connectivity index (χ3n) is 4.63. The summed E-state index contributed by atoms with van der Waals surface area (Å²) >= 11 is 0. The maximum Gasteiger partial charge on any atom is 0.407 e. The van der Waals surface area contributed by atoms with Crippen LogP contribution in [-0.4, -0.2) is 57.5 Å². The Bertz CT molecular complexity index is 887. The minimum Gasteiger partial charge on any atom is -0.465 e. The average Bonchev–Trinajstić information content (AvgIpc) is 3.14. The first kappa shape index (κ1) is 16.1. The number of piperazine rings is 1. The van der Waals surface area contributed by atoms with Gasteiger partial charge in [-0.3, -0.25) is 10.1 Å². The number of carboxylic acid groups (broad SMARTS) is 1. The van der Waals surface area contributed by atoms with Gasteiger partial charge in [-0.2, -0.15) is 5.10 Å². The van der Waals surface area contributed by atoms with Crippen LogP contribution < -0.4 is 4.90 Å². The molecule has 1 aliphatic heterocycles. The van der Waals surface area contributed by atoms with E-state index in [-0.39, 0.29) is 0 Å². The summed E-state index contributed by atoms with van der Waals surface area (Å²) in [6.45, 7) is 2.17. The van der Waals surface area contributed by atoms with Gasteiger partial charge in [-0.05, 0) is 17.7 Å². The largest absolute Gasteiger partial charge is 0.465 e. The lowest BCUT2D eigenvalue weighted by molar-refractivity contribution is 0.142. The van der Waals surface area contributed by atoms with Crippen LogP contribution in [0.3, 0.4) is 0 Å². The third kappa shape index (κ3) is 2.99. The third-order valence-corrected chi connectivity index (χ3v) is 4.63. The molecule has 3 heterocycles. The number of pyridine rings is 1. The summed E-state index contributed by atoms with van der Waals surface area (Å²) in [5.41, 5.74) is 4.06. The first-order valence-electron chi connectivity index (χ1n) is 8.51. The number of anilines is 1. The number of carbonyl (C=O) groups is 1. The molecule has 7 nitrogen and oxygen atoms in total. The highest BCUT2D eigenvalue weighted by Crippen LogP contribution is 2.37. The van der Waals surface area contributed by atoms with Crippen LogP contribution in [0.2, 0.25) is 0 Å². The lowest BCUT2D eigenvalue weighted by Gasteiger charge is -2.33. The predicted octanol–water partition coefficient (Wildman–Crippen LogP) is 2.94. The molecule has 0 saturated carbocycles. The highest BCUT2D eigenvalue weighted by atomic mass is 16.4. The molecule has 2 N–H and O–H groups in total. The number of aromatic nitrogens is 3. The minimum atomic E-state index is -0.869. The van der Waals surface area contributed by atoms with Gasteiger partial charge in [0.15, 0.2) is 5.82 Å². The Hall–Kier alpha value is -3.35. The molecule has 7 heteroatoms. The maximum absolute atomic E-state index is 11.2.